The number of hydrogen-bond donors (Lipinski definition) is 0. The second-order valence-corrected chi connectivity index (χ2v) is 5.01. The Morgan fingerprint density at radius 2 is 1.50 bits per heavy atom. The maximum atomic E-state index is 11.8. The first-order valence-electron chi connectivity index (χ1n) is 9.77. The van der Waals surface area contributed by atoms with Gasteiger partial charge in [-0.15, -0.1) is 0 Å². The summed E-state index contributed by atoms with van der Waals surface area (Å²) in [4.78, 5) is 50.2. The molecule has 1 fully saturated rings. The summed E-state index contributed by atoms with van der Waals surface area (Å²) in [6, 6.07) is 0. The molecule has 0 bridgehead atoms. The predicted octanol–water partition coefficient (Wildman–Crippen LogP) is 0.172. The van der Waals surface area contributed by atoms with Crippen molar-refractivity contribution in [2.45, 2.75) is 58.2 Å². The maximum absolute atomic E-state index is 11.8. The molecule has 1 heterocycles. The van der Waals surface area contributed by atoms with E-state index in [0.717, 1.165) is 0 Å². The van der Waals surface area contributed by atoms with Crippen molar-refractivity contribution in [1.29, 1.82) is 0 Å². The molecule has 0 aromatic carbocycles. The third kappa shape index (κ3) is 6.51. The largest absolute Gasteiger partial charge is 0.463 e. The second-order valence-electron chi connectivity index (χ2n) is 4.83. The van der Waals surface area contributed by atoms with E-state index in [1.54, 1.807) is 0 Å². The van der Waals surface area contributed by atoms with Crippen LogP contribution in [0.5, 0.6) is 0 Å². The van der Waals surface area contributed by atoms with Gasteiger partial charge < -0.3 is 23.7 Å². The Kier molecular flexibility index (Phi) is 6.07. The number of esters is 4. The zero-order chi connectivity index (χ0) is 22.7. The van der Waals surface area contributed by atoms with E-state index in [-0.39, 0.29) is 0 Å². The number of isothiocyanates is 1. The third-order valence-electron chi connectivity index (χ3n) is 3.00. The molecular weight excluding hydrogens is 370 g/mol. The van der Waals surface area contributed by atoms with E-state index in [1.165, 1.54) is 0 Å². The van der Waals surface area contributed by atoms with Gasteiger partial charge in [-0.1, -0.05) is 0 Å². The molecule has 1 unspecified atom stereocenters. The molecule has 1 saturated heterocycles. The zero-order valence-electron chi connectivity index (χ0n) is 17.5. The zero-order valence-corrected chi connectivity index (χ0v) is 14.3. The summed E-state index contributed by atoms with van der Waals surface area (Å²) < 4.78 is 54.0. The Labute approximate surface area is 160 Å². The van der Waals surface area contributed by atoms with Crippen LogP contribution >= 0.6 is 12.2 Å². The molecule has 0 aromatic rings. The average molecular weight is 393 g/mol. The van der Waals surface area contributed by atoms with E-state index >= 15 is 0 Å². The molecule has 0 saturated carbocycles. The molecule has 0 amide bonds. The van der Waals surface area contributed by atoms with Crippen LogP contribution < -0.4 is 0 Å². The van der Waals surface area contributed by atoms with Crippen LogP contribution in [-0.2, 0) is 42.9 Å². The lowest BCUT2D eigenvalue weighted by molar-refractivity contribution is -0.250. The van der Waals surface area contributed by atoms with Gasteiger partial charge in [0.25, 0.3) is 0 Å². The standard InChI is InChI=1S/C15H19NO9S/c1-7(17)21-5-11-12(22-8(2)18)13(23-9(3)19)14(24-10(4)20)15(25-11)16-6-26/h11-15H,5H2,1-4H3/t11-,12-,13+,14+,15?/m1/s1/i1D,2D,3D,4D. The van der Waals surface area contributed by atoms with Crippen LogP contribution in [0.3, 0.4) is 0 Å². The Morgan fingerprint density at radius 3 is 2.04 bits per heavy atom. The summed E-state index contributed by atoms with van der Waals surface area (Å²) in [5.41, 5.74) is 0. The lowest BCUT2D eigenvalue weighted by Gasteiger charge is -2.42. The van der Waals surface area contributed by atoms with E-state index in [9.17, 15) is 19.2 Å². The summed E-state index contributed by atoms with van der Waals surface area (Å²) in [5, 5.41) is 2.00. The average Bonchev–Trinajstić information content (AvgIpc) is 2.75. The fourth-order valence-corrected chi connectivity index (χ4v) is 2.32. The molecule has 0 radical (unpaired) electrons. The van der Waals surface area contributed by atoms with Crippen LogP contribution in [0.4, 0.5) is 0 Å². The molecule has 1 rings (SSSR count). The Balaban J connectivity index is 3.35. The summed E-state index contributed by atoms with van der Waals surface area (Å²) in [6.07, 6.45) is -7.41. The van der Waals surface area contributed by atoms with Crippen molar-refractivity contribution in [2.24, 2.45) is 4.99 Å². The van der Waals surface area contributed by atoms with Crippen LogP contribution in [-0.4, -0.2) is 66.3 Å². The van der Waals surface area contributed by atoms with E-state index in [4.69, 9.17) is 29.2 Å². The lowest BCUT2D eigenvalue weighted by Crippen LogP contribution is -2.61. The van der Waals surface area contributed by atoms with E-state index in [2.05, 4.69) is 17.2 Å². The van der Waals surface area contributed by atoms with E-state index < -0.39 is 88.7 Å². The molecule has 1 aliphatic heterocycles. The molecule has 0 aromatic heterocycles. The Bertz CT molecular complexity index is 691. The van der Waals surface area contributed by atoms with Crippen molar-refractivity contribution in [3.8, 4) is 0 Å². The number of rotatable bonds is 6. The number of carbonyl (C=O) groups is 4. The van der Waals surface area contributed by atoms with Crippen LogP contribution in [0, 0.1) is 0 Å². The summed E-state index contributed by atoms with van der Waals surface area (Å²) in [5.74, 6) is -4.12. The van der Waals surface area contributed by atoms with Crippen LogP contribution in [0.2, 0.25) is 0 Å². The molecule has 11 heteroatoms. The van der Waals surface area contributed by atoms with Gasteiger partial charge in [-0.25, -0.2) is 0 Å². The van der Waals surface area contributed by atoms with Crippen LogP contribution in [0.15, 0.2) is 4.99 Å². The number of carbonyl (C=O) groups excluding carboxylic acids is 4. The van der Waals surface area contributed by atoms with Gasteiger partial charge in [-0.3, -0.25) is 19.2 Å². The highest BCUT2D eigenvalue weighted by Gasteiger charge is 2.52. The van der Waals surface area contributed by atoms with Gasteiger partial charge in [-0.05, 0) is 12.2 Å². The number of hydrogen-bond acceptors (Lipinski definition) is 11. The molecule has 10 nitrogen and oxygen atoms in total. The number of aliphatic imine (C=N–C) groups is 1. The van der Waals surface area contributed by atoms with Crippen molar-refractivity contribution in [1.82, 2.24) is 0 Å². The molecule has 1 aliphatic rings. The quantitative estimate of drug-likeness (QED) is 0.267. The summed E-state index contributed by atoms with van der Waals surface area (Å²) in [7, 11) is 0. The van der Waals surface area contributed by atoms with Crippen LogP contribution in [0.1, 0.15) is 33.1 Å². The van der Waals surface area contributed by atoms with E-state index in [0.29, 0.717) is 0 Å². The molecule has 144 valence electrons. The van der Waals surface area contributed by atoms with Gasteiger partial charge in [0.15, 0.2) is 24.5 Å². The van der Waals surface area contributed by atoms with Crippen molar-refractivity contribution in [2.75, 3.05) is 6.61 Å². The molecule has 0 spiro atoms. The predicted molar refractivity (Wildman–Crippen MR) is 87.0 cm³/mol. The first kappa shape index (κ1) is 15.9. The highest BCUT2D eigenvalue weighted by atomic mass is 32.1. The molecule has 0 aliphatic carbocycles. The smallest absolute Gasteiger partial charge is 0.303 e. The Morgan fingerprint density at radius 1 is 0.962 bits per heavy atom. The summed E-state index contributed by atoms with van der Waals surface area (Å²) in [6.45, 7) is -3.70. The van der Waals surface area contributed by atoms with Gasteiger partial charge in [0.05, 0.1) is 5.16 Å². The number of thiocarbonyl (C=S) groups is 1. The minimum atomic E-state index is -1.58. The highest BCUT2D eigenvalue weighted by molar-refractivity contribution is 7.78. The minimum Gasteiger partial charge on any atom is -0.463 e. The molecule has 26 heavy (non-hydrogen) atoms. The second kappa shape index (κ2) is 9.95. The first-order valence-corrected chi connectivity index (χ1v) is 7.35. The fourth-order valence-electron chi connectivity index (χ4n) is 2.22. The topological polar surface area (TPSA) is 127 Å². The van der Waals surface area contributed by atoms with Gasteiger partial charge in [0, 0.05) is 33.1 Å². The third-order valence-corrected chi connectivity index (χ3v) is 3.11. The fraction of sp³-hybridized carbons (Fsp3) is 0.667. The maximum Gasteiger partial charge on any atom is 0.303 e. The van der Waals surface area contributed by atoms with Crippen molar-refractivity contribution in [3.63, 3.8) is 0 Å². The molecule has 0 N–H and O–H groups in total. The summed E-state index contributed by atoms with van der Waals surface area (Å²) >= 11 is 4.53. The van der Waals surface area contributed by atoms with Crippen molar-refractivity contribution < 1.29 is 48.3 Å². The van der Waals surface area contributed by atoms with Gasteiger partial charge in [0.2, 0.25) is 0 Å². The lowest BCUT2D eigenvalue weighted by atomic mass is 9.97. The number of ether oxygens (including phenoxy) is 5. The first-order chi connectivity index (χ1) is 14.3. The van der Waals surface area contributed by atoms with Crippen molar-refractivity contribution >= 4 is 41.3 Å². The van der Waals surface area contributed by atoms with Gasteiger partial charge in [0.1, 0.15) is 12.7 Å². The normalized spacial score (nSPS) is 29.5. The van der Waals surface area contributed by atoms with Crippen molar-refractivity contribution in [3.05, 3.63) is 0 Å². The van der Waals surface area contributed by atoms with Gasteiger partial charge in [-0.2, -0.15) is 4.99 Å². The van der Waals surface area contributed by atoms with E-state index in [1.807, 2.05) is 5.16 Å². The van der Waals surface area contributed by atoms with Crippen LogP contribution in [0.25, 0.3) is 0 Å². The SMILES string of the molecule is [2H]CC(=O)OC[C@H]1OC(N=C=S)[C@@H](OC(=O)C[2H])[C@@H](OC(=O)C[2H])[C@@H]1OC(=O)C[2H]. The minimum absolute atomic E-state index is 0.564. The Hall–Kier alpha value is -2.36. The molecule has 5 atom stereocenters. The highest BCUT2D eigenvalue weighted by Crippen LogP contribution is 2.29. The van der Waals surface area contributed by atoms with Gasteiger partial charge >= 0.3 is 23.9 Å². The number of nitrogens with zero attached hydrogens (tertiary/aromatic N) is 1. The monoisotopic (exact) mass is 393 g/mol. The molecular formula is C15H19NO9S.